The van der Waals surface area contributed by atoms with Gasteiger partial charge < -0.3 is 15.8 Å². The summed E-state index contributed by atoms with van der Waals surface area (Å²) in [4.78, 5) is 12.1. The summed E-state index contributed by atoms with van der Waals surface area (Å²) in [6, 6.07) is 5.01. The van der Waals surface area contributed by atoms with E-state index in [2.05, 4.69) is 17.2 Å². The molecule has 108 valence electrons. The highest BCUT2D eigenvalue weighted by atomic mass is 35.5. The number of nitrogens with two attached hydrogens (primary N) is 1. The Morgan fingerprint density at radius 3 is 2.85 bits per heavy atom. The lowest BCUT2D eigenvalue weighted by Gasteiger charge is -2.16. The van der Waals surface area contributed by atoms with Crippen molar-refractivity contribution in [3.05, 3.63) is 34.3 Å². The van der Waals surface area contributed by atoms with Gasteiger partial charge in [-0.05, 0) is 24.6 Å². The standard InChI is InChI=1S/C15H19ClN2O2/c1-3-13(10-20-2)18-15(19)12-7-6-11(5-4-8-17)14(16)9-12/h6-7,9,13H,3,8,10,17H2,1-2H3,(H,18,19). The molecule has 0 aliphatic heterocycles. The maximum Gasteiger partial charge on any atom is 0.251 e. The molecule has 0 aliphatic rings. The SMILES string of the molecule is CCC(COC)NC(=O)c1ccc(C#CCN)c(Cl)c1. The maximum atomic E-state index is 12.1. The number of methoxy groups -OCH3 is 1. The van der Waals surface area contributed by atoms with E-state index in [0.29, 0.717) is 22.8 Å². The molecule has 0 saturated carbocycles. The Balaban J connectivity index is 2.81. The number of halogens is 1. The molecule has 1 unspecified atom stereocenters. The Morgan fingerprint density at radius 1 is 1.55 bits per heavy atom. The van der Waals surface area contributed by atoms with E-state index in [4.69, 9.17) is 22.1 Å². The molecule has 1 aromatic rings. The largest absolute Gasteiger partial charge is 0.383 e. The first-order valence-corrected chi connectivity index (χ1v) is 6.78. The van der Waals surface area contributed by atoms with E-state index in [1.165, 1.54) is 0 Å². The molecule has 0 radical (unpaired) electrons. The van der Waals surface area contributed by atoms with Gasteiger partial charge in [0.15, 0.2) is 0 Å². The second-order valence-electron chi connectivity index (χ2n) is 4.23. The first-order valence-electron chi connectivity index (χ1n) is 6.40. The average molecular weight is 295 g/mol. The van der Waals surface area contributed by atoms with Gasteiger partial charge in [0, 0.05) is 18.2 Å². The van der Waals surface area contributed by atoms with Crippen LogP contribution in [0.4, 0.5) is 0 Å². The highest BCUT2D eigenvalue weighted by Gasteiger charge is 2.13. The van der Waals surface area contributed by atoms with Crippen molar-refractivity contribution in [2.24, 2.45) is 5.73 Å². The first-order chi connectivity index (χ1) is 9.62. The lowest BCUT2D eigenvalue weighted by Crippen LogP contribution is -2.37. The van der Waals surface area contributed by atoms with Crippen molar-refractivity contribution in [3.63, 3.8) is 0 Å². The summed E-state index contributed by atoms with van der Waals surface area (Å²) in [7, 11) is 1.61. The molecule has 0 spiro atoms. The molecule has 5 heteroatoms. The van der Waals surface area contributed by atoms with Crippen LogP contribution in [0.25, 0.3) is 0 Å². The minimum atomic E-state index is -0.172. The second-order valence-corrected chi connectivity index (χ2v) is 4.64. The predicted molar refractivity (Wildman–Crippen MR) is 80.8 cm³/mol. The van der Waals surface area contributed by atoms with Crippen LogP contribution in [-0.4, -0.2) is 32.2 Å². The Bertz CT molecular complexity index is 520. The van der Waals surface area contributed by atoms with Crippen LogP contribution in [0.1, 0.15) is 29.3 Å². The van der Waals surface area contributed by atoms with Crippen LogP contribution < -0.4 is 11.1 Å². The third-order valence-electron chi connectivity index (χ3n) is 2.75. The van der Waals surface area contributed by atoms with Gasteiger partial charge in [0.1, 0.15) is 0 Å². The van der Waals surface area contributed by atoms with Crippen molar-refractivity contribution in [1.29, 1.82) is 0 Å². The van der Waals surface area contributed by atoms with Gasteiger partial charge in [0.05, 0.1) is 24.2 Å². The minimum Gasteiger partial charge on any atom is -0.383 e. The van der Waals surface area contributed by atoms with Crippen molar-refractivity contribution >= 4 is 17.5 Å². The molecule has 1 rings (SSSR count). The molecule has 0 aliphatic carbocycles. The summed E-state index contributed by atoms with van der Waals surface area (Å²) in [5, 5.41) is 3.34. The minimum absolute atomic E-state index is 0.0111. The van der Waals surface area contributed by atoms with Crippen LogP contribution in [-0.2, 0) is 4.74 Å². The van der Waals surface area contributed by atoms with Gasteiger partial charge in [0.25, 0.3) is 5.91 Å². The maximum absolute atomic E-state index is 12.1. The lowest BCUT2D eigenvalue weighted by atomic mass is 10.1. The van der Waals surface area contributed by atoms with Crippen LogP contribution in [0.2, 0.25) is 5.02 Å². The molecule has 4 nitrogen and oxygen atoms in total. The van der Waals surface area contributed by atoms with E-state index in [-0.39, 0.29) is 18.5 Å². The molecular formula is C15H19ClN2O2. The van der Waals surface area contributed by atoms with Gasteiger partial charge >= 0.3 is 0 Å². The monoisotopic (exact) mass is 294 g/mol. The van der Waals surface area contributed by atoms with Crippen molar-refractivity contribution in [2.75, 3.05) is 20.3 Å². The third-order valence-corrected chi connectivity index (χ3v) is 3.06. The van der Waals surface area contributed by atoms with Gasteiger partial charge in [0.2, 0.25) is 0 Å². The van der Waals surface area contributed by atoms with Gasteiger partial charge in [-0.2, -0.15) is 0 Å². The number of hydrogen-bond acceptors (Lipinski definition) is 3. The molecule has 3 N–H and O–H groups in total. The average Bonchev–Trinajstić information content (AvgIpc) is 2.45. The fourth-order valence-corrected chi connectivity index (χ4v) is 1.86. The van der Waals surface area contributed by atoms with Crippen LogP contribution in [0.15, 0.2) is 18.2 Å². The van der Waals surface area contributed by atoms with Crippen LogP contribution in [0.5, 0.6) is 0 Å². The second kappa shape index (κ2) is 8.60. The predicted octanol–water partition coefficient (Wildman–Crippen LogP) is 1.81. The number of ether oxygens (including phenoxy) is 1. The highest BCUT2D eigenvalue weighted by Crippen LogP contribution is 2.17. The van der Waals surface area contributed by atoms with E-state index in [1.807, 2.05) is 6.92 Å². The number of carbonyl (C=O) groups excluding carboxylic acids is 1. The Labute approximate surface area is 124 Å². The highest BCUT2D eigenvalue weighted by molar-refractivity contribution is 6.32. The van der Waals surface area contributed by atoms with E-state index in [9.17, 15) is 4.79 Å². The summed E-state index contributed by atoms with van der Waals surface area (Å²) < 4.78 is 5.05. The smallest absolute Gasteiger partial charge is 0.251 e. The number of benzene rings is 1. The number of rotatable bonds is 5. The first kappa shape index (κ1) is 16.5. The van der Waals surface area contributed by atoms with Crippen LogP contribution in [0.3, 0.4) is 0 Å². The zero-order chi connectivity index (χ0) is 15.0. The van der Waals surface area contributed by atoms with E-state index >= 15 is 0 Å². The molecule has 0 heterocycles. The number of amides is 1. The third kappa shape index (κ3) is 4.86. The van der Waals surface area contributed by atoms with E-state index in [1.54, 1.807) is 25.3 Å². The molecular weight excluding hydrogens is 276 g/mol. The molecule has 0 bridgehead atoms. The summed E-state index contributed by atoms with van der Waals surface area (Å²) in [6.07, 6.45) is 0.799. The van der Waals surface area contributed by atoms with Gasteiger partial charge in [-0.1, -0.05) is 30.4 Å². The summed E-state index contributed by atoms with van der Waals surface area (Å²) in [6.45, 7) is 2.74. The van der Waals surface area contributed by atoms with Gasteiger partial charge in [-0.15, -0.1) is 0 Å². The fourth-order valence-electron chi connectivity index (χ4n) is 1.64. The molecule has 0 saturated heterocycles. The summed E-state index contributed by atoms with van der Waals surface area (Å²) >= 11 is 6.09. The normalized spacial score (nSPS) is 11.4. The van der Waals surface area contributed by atoms with E-state index < -0.39 is 0 Å². The molecule has 20 heavy (non-hydrogen) atoms. The zero-order valence-electron chi connectivity index (χ0n) is 11.7. The van der Waals surface area contributed by atoms with Crippen LogP contribution >= 0.6 is 11.6 Å². The summed E-state index contributed by atoms with van der Waals surface area (Å²) in [5.74, 6) is 5.41. The summed E-state index contributed by atoms with van der Waals surface area (Å²) in [5.41, 5.74) is 6.48. The van der Waals surface area contributed by atoms with Gasteiger partial charge in [-0.25, -0.2) is 0 Å². The van der Waals surface area contributed by atoms with Crippen molar-refractivity contribution < 1.29 is 9.53 Å². The number of nitrogens with one attached hydrogen (secondary N) is 1. The van der Waals surface area contributed by atoms with Crippen molar-refractivity contribution in [3.8, 4) is 11.8 Å². The topological polar surface area (TPSA) is 64.3 Å². The molecule has 0 aromatic heterocycles. The molecule has 1 atom stereocenters. The Hall–Kier alpha value is -1.54. The van der Waals surface area contributed by atoms with Gasteiger partial charge in [-0.3, -0.25) is 4.79 Å². The zero-order valence-corrected chi connectivity index (χ0v) is 12.5. The Kier molecular flexibility index (Phi) is 7.10. The Morgan fingerprint density at radius 2 is 2.30 bits per heavy atom. The van der Waals surface area contributed by atoms with Crippen molar-refractivity contribution in [2.45, 2.75) is 19.4 Å². The lowest BCUT2D eigenvalue weighted by molar-refractivity contribution is 0.0894. The van der Waals surface area contributed by atoms with Crippen LogP contribution in [0, 0.1) is 11.8 Å². The molecule has 1 amide bonds. The number of carbonyl (C=O) groups is 1. The number of hydrogen-bond donors (Lipinski definition) is 2. The fraction of sp³-hybridized carbons (Fsp3) is 0.400. The quantitative estimate of drug-likeness (QED) is 0.814. The van der Waals surface area contributed by atoms with E-state index in [0.717, 1.165) is 6.42 Å². The van der Waals surface area contributed by atoms with Crippen molar-refractivity contribution in [1.82, 2.24) is 5.32 Å². The molecule has 1 aromatic carbocycles. The molecule has 0 fully saturated rings.